The number of benzene rings is 3. The molecule has 1 aliphatic carbocycles. The van der Waals surface area contributed by atoms with Crippen molar-refractivity contribution in [2.24, 2.45) is 5.92 Å². The molecule has 0 radical (unpaired) electrons. The van der Waals surface area contributed by atoms with Gasteiger partial charge in [-0.1, -0.05) is 72.7 Å². The summed E-state index contributed by atoms with van der Waals surface area (Å²) in [6.45, 7) is 4.40. The number of nitrogens with zero attached hydrogens (tertiary/aromatic N) is 2. The normalized spacial score (nSPS) is 14.4. The van der Waals surface area contributed by atoms with E-state index in [0.717, 1.165) is 22.3 Å². The van der Waals surface area contributed by atoms with Crippen molar-refractivity contribution in [3.8, 4) is 11.1 Å². The van der Waals surface area contributed by atoms with Gasteiger partial charge < -0.3 is 19.2 Å². The largest absolute Gasteiger partial charge is 0.448 e. The van der Waals surface area contributed by atoms with Gasteiger partial charge in [0.25, 0.3) is 11.8 Å². The van der Waals surface area contributed by atoms with Crippen molar-refractivity contribution >= 4 is 23.9 Å². The molecule has 206 valence electrons. The van der Waals surface area contributed by atoms with E-state index in [1.165, 1.54) is 17.0 Å². The van der Waals surface area contributed by atoms with E-state index >= 15 is 0 Å². The summed E-state index contributed by atoms with van der Waals surface area (Å²) in [6.07, 6.45) is -0.595. The van der Waals surface area contributed by atoms with Crippen LogP contribution in [0.2, 0.25) is 0 Å². The smallest absolute Gasteiger partial charge is 0.409 e. The topological polar surface area (TPSA) is 102 Å². The van der Waals surface area contributed by atoms with E-state index in [4.69, 9.17) is 14.3 Å². The fraction of sp³-hybridized carbons (Fsp3) is 0.290. The number of hydrogen-bond acceptors (Lipinski definition) is 7. The van der Waals surface area contributed by atoms with Crippen LogP contribution in [0.15, 0.2) is 72.8 Å². The maximum absolute atomic E-state index is 13.3. The van der Waals surface area contributed by atoms with Crippen LogP contribution in [-0.4, -0.2) is 66.8 Å². The van der Waals surface area contributed by atoms with Crippen LogP contribution in [0.5, 0.6) is 0 Å². The first-order chi connectivity index (χ1) is 19.4. The maximum atomic E-state index is 13.3. The number of amides is 3. The average molecular weight is 543 g/mol. The van der Waals surface area contributed by atoms with Crippen molar-refractivity contribution in [1.82, 2.24) is 9.96 Å². The van der Waals surface area contributed by atoms with Crippen molar-refractivity contribution in [3.05, 3.63) is 95.1 Å². The summed E-state index contributed by atoms with van der Waals surface area (Å²) in [5.41, 5.74) is 4.77. The predicted octanol–water partition coefficient (Wildman–Crippen LogP) is 4.66. The molecule has 2 aliphatic rings. The molecule has 40 heavy (non-hydrogen) atoms. The Labute approximate surface area is 232 Å². The third kappa shape index (κ3) is 5.20. The first kappa shape index (κ1) is 27.1. The quantitative estimate of drug-likeness (QED) is 0.271. The second-order valence-corrected chi connectivity index (χ2v) is 9.71. The van der Waals surface area contributed by atoms with E-state index in [2.05, 4.69) is 12.1 Å². The van der Waals surface area contributed by atoms with Gasteiger partial charge in [0, 0.05) is 25.6 Å². The van der Waals surface area contributed by atoms with E-state index in [1.54, 1.807) is 19.1 Å². The Bertz CT molecular complexity index is 1370. The molecule has 0 N–H and O–H groups in total. The molecule has 5 rings (SSSR count). The Kier molecular flexibility index (Phi) is 7.93. The van der Waals surface area contributed by atoms with Crippen molar-refractivity contribution in [1.29, 1.82) is 0 Å². The monoisotopic (exact) mass is 542 g/mol. The van der Waals surface area contributed by atoms with E-state index in [-0.39, 0.29) is 43.3 Å². The number of hydroxylamine groups is 2. The third-order valence-corrected chi connectivity index (χ3v) is 7.14. The molecular formula is C31H30N2O7. The second kappa shape index (κ2) is 11.7. The number of carbonyl (C=O) groups is 4. The highest BCUT2D eigenvalue weighted by Crippen LogP contribution is 2.44. The summed E-state index contributed by atoms with van der Waals surface area (Å²) in [4.78, 5) is 57.9. The van der Waals surface area contributed by atoms with Gasteiger partial charge in [-0.3, -0.25) is 9.59 Å². The van der Waals surface area contributed by atoms with Crippen LogP contribution in [0, 0.1) is 5.92 Å². The van der Waals surface area contributed by atoms with Gasteiger partial charge in [0.2, 0.25) is 0 Å². The van der Waals surface area contributed by atoms with Crippen LogP contribution in [0.25, 0.3) is 11.1 Å². The highest BCUT2D eigenvalue weighted by atomic mass is 16.7. The van der Waals surface area contributed by atoms with Crippen LogP contribution in [0.1, 0.15) is 51.6 Å². The first-order valence-corrected chi connectivity index (χ1v) is 13.3. The molecule has 0 aromatic heterocycles. The Morgan fingerprint density at radius 3 is 1.93 bits per heavy atom. The fourth-order valence-electron chi connectivity index (χ4n) is 5.10. The minimum absolute atomic E-state index is 0.0499. The number of rotatable bonds is 10. The molecule has 0 spiro atoms. The van der Waals surface area contributed by atoms with Gasteiger partial charge in [-0.05, 0) is 41.3 Å². The van der Waals surface area contributed by atoms with Gasteiger partial charge in [0.05, 0.1) is 23.7 Å². The molecule has 1 atom stereocenters. The Morgan fingerprint density at radius 1 is 0.850 bits per heavy atom. The molecule has 9 nitrogen and oxygen atoms in total. The van der Waals surface area contributed by atoms with Gasteiger partial charge in [-0.15, -0.1) is 0 Å². The molecule has 1 heterocycles. The number of fused-ring (bicyclic) bond motifs is 4. The summed E-state index contributed by atoms with van der Waals surface area (Å²) in [6, 6.07) is 22.4. The van der Waals surface area contributed by atoms with Crippen molar-refractivity contribution in [2.45, 2.75) is 19.8 Å². The van der Waals surface area contributed by atoms with Gasteiger partial charge in [0.15, 0.2) is 0 Å². The minimum Gasteiger partial charge on any atom is -0.448 e. The number of hydrogen-bond donors (Lipinski definition) is 0. The average Bonchev–Trinajstić information content (AvgIpc) is 3.42. The second-order valence-electron chi connectivity index (χ2n) is 9.71. The van der Waals surface area contributed by atoms with Crippen LogP contribution >= 0.6 is 0 Å². The van der Waals surface area contributed by atoms with Gasteiger partial charge >= 0.3 is 12.1 Å². The maximum Gasteiger partial charge on any atom is 0.409 e. The summed E-state index contributed by atoms with van der Waals surface area (Å²) in [5, 5.41) is 0.474. The Morgan fingerprint density at radius 2 is 1.38 bits per heavy atom. The lowest BCUT2D eigenvalue weighted by Crippen LogP contribution is -2.42. The van der Waals surface area contributed by atoms with Gasteiger partial charge in [-0.25, -0.2) is 9.59 Å². The minimum atomic E-state index is -0.855. The molecule has 9 heteroatoms. The number of ether oxygens (including phenoxy) is 2. The standard InChI is InChI=1S/C31H30N2O7/c1-3-38-17-16-32(18-20(2)30(36)40-33-28(34)25-14-8-9-15-26(25)29(33)35)31(37)39-19-27-23-12-6-4-10-21(23)22-11-5-7-13-24(22)27/h4-15,20,27H,3,16-19H2,1-2H3. The van der Waals surface area contributed by atoms with Crippen molar-refractivity contribution in [2.75, 3.05) is 32.9 Å². The zero-order chi connectivity index (χ0) is 28.2. The lowest BCUT2D eigenvalue weighted by Gasteiger charge is -2.26. The van der Waals surface area contributed by atoms with E-state index in [0.29, 0.717) is 11.7 Å². The van der Waals surface area contributed by atoms with Crippen LogP contribution in [0.3, 0.4) is 0 Å². The number of imide groups is 1. The van der Waals surface area contributed by atoms with Crippen molar-refractivity contribution in [3.63, 3.8) is 0 Å². The summed E-state index contributed by atoms with van der Waals surface area (Å²) in [5.74, 6) is -3.19. The van der Waals surface area contributed by atoms with E-state index < -0.39 is 29.8 Å². The van der Waals surface area contributed by atoms with Crippen LogP contribution in [0.4, 0.5) is 4.79 Å². The molecular weight excluding hydrogens is 512 g/mol. The molecule has 3 aromatic carbocycles. The Hall–Kier alpha value is -4.50. The predicted molar refractivity (Wildman–Crippen MR) is 145 cm³/mol. The van der Waals surface area contributed by atoms with Gasteiger partial charge in [0.1, 0.15) is 6.61 Å². The van der Waals surface area contributed by atoms with Gasteiger partial charge in [-0.2, -0.15) is 0 Å². The summed E-state index contributed by atoms with van der Waals surface area (Å²) in [7, 11) is 0. The van der Waals surface area contributed by atoms with E-state index in [1.807, 2.05) is 43.3 Å². The number of carbonyl (C=O) groups excluding carboxylic acids is 4. The van der Waals surface area contributed by atoms with Crippen molar-refractivity contribution < 1.29 is 33.5 Å². The molecule has 1 aliphatic heterocycles. The highest BCUT2D eigenvalue weighted by molar-refractivity contribution is 6.20. The summed E-state index contributed by atoms with van der Waals surface area (Å²) < 4.78 is 11.2. The zero-order valence-electron chi connectivity index (χ0n) is 22.4. The molecule has 3 amide bonds. The molecule has 0 bridgehead atoms. The molecule has 0 fully saturated rings. The molecule has 0 saturated heterocycles. The third-order valence-electron chi connectivity index (χ3n) is 7.14. The summed E-state index contributed by atoms with van der Waals surface area (Å²) >= 11 is 0. The lowest BCUT2D eigenvalue weighted by atomic mass is 9.98. The lowest BCUT2D eigenvalue weighted by molar-refractivity contribution is -0.173. The highest BCUT2D eigenvalue weighted by Gasteiger charge is 2.39. The SMILES string of the molecule is CCOCCN(CC(C)C(=O)ON1C(=O)c2ccccc2C1=O)C(=O)OCC1c2ccccc2-c2ccccc21. The molecule has 3 aromatic rings. The zero-order valence-corrected chi connectivity index (χ0v) is 22.4. The molecule has 0 saturated carbocycles. The first-order valence-electron chi connectivity index (χ1n) is 13.3. The van der Waals surface area contributed by atoms with Crippen LogP contribution < -0.4 is 0 Å². The van der Waals surface area contributed by atoms with Crippen LogP contribution in [-0.2, 0) is 19.1 Å². The Balaban J connectivity index is 1.24. The van der Waals surface area contributed by atoms with E-state index in [9.17, 15) is 19.2 Å². The fourth-order valence-corrected chi connectivity index (χ4v) is 5.10. The molecule has 1 unspecified atom stereocenters.